The van der Waals surface area contributed by atoms with E-state index < -0.39 is 17.4 Å². The fraction of sp³-hybridized carbons (Fsp3) is 0.364. The Morgan fingerprint density at radius 1 is 1.38 bits per heavy atom. The van der Waals surface area contributed by atoms with Gasteiger partial charge in [0, 0.05) is 6.04 Å². The summed E-state index contributed by atoms with van der Waals surface area (Å²) in [4.78, 5) is 15.4. The second kappa shape index (κ2) is 5.72. The Balaban J connectivity index is 2.41. The number of rotatable bonds is 3. The zero-order valence-electron chi connectivity index (χ0n) is 10.9. The van der Waals surface area contributed by atoms with E-state index in [4.69, 9.17) is 11.6 Å². The molecule has 0 aromatic carbocycles. The van der Waals surface area contributed by atoms with Crippen LogP contribution in [0.2, 0.25) is 5.15 Å². The van der Waals surface area contributed by atoms with E-state index in [2.05, 4.69) is 15.2 Å². The predicted octanol–water partition coefficient (Wildman–Crippen LogP) is 3.37. The number of nitrogens with one attached hydrogen (secondary N) is 1. The molecule has 21 heavy (non-hydrogen) atoms. The predicted molar refractivity (Wildman–Crippen MR) is 71.6 cm³/mol. The number of halogens is 4. The molecule has 114 valence electrons. The van der Waals surface area contributed by atoms with Crippen LogP contribution in [0.1, 0.15) is 25.5 Å². The van der Waals surface area contributed by atoms with Gasteiger partial charge in [-0.05, 0) is 37.7 Å². The van der Waals surface area contributed by atoms with E-state index in [1.165, 1.54) is 4.57 Å². The van der Waals surface area contributed by atoms with E-state index in [0.717, 1.165) is 23.9 Å². The number of H-pyrrole nitrogens is 1. The van der Waals surface area contributed by atoms with Crippen LogP contribution in [0.25, 0.3) is 0 Å². The third-order valence-electron chi connectivity index (χ3n) is 2.48. The third kappa shape index (κ3) is 3.59. The van der Waals surface area contributed by atoms with Gasteiger partial charge in [0.25, 0.3) is 0 Å². The van der Waals surface area contributed by atoms with Crippen LogP contribution in [0.15, 0.2) is 27.1 Å². The number of hydrogen-bond acceptors (Lipinski definition) is 4. The highest BCUT2D eigenvalue weighted by Crippen LogP contribution is 2.34. The first kappa shape index (κ1) is 15.9. The van der Waals surface area contributed by atoms with Crippen LogP contribution in [0.4, 0.5) is 13.2 Å². The van der Waals surface area contributed by atoms with Crippen molar-refractivity contribution >= 4 is 23.4 Å². The van der Waals surface area contributed by atoms with Crippen molar-refractivity contribution < 1.29 is 13.2 Å². The van der Waals surface area contributed by atoms with Gasteiger partial charge < -0.3 is 0 Å². The van der Waals surface area contributed by atoms with Gasteiger partial charge in [0.05, 0.1) is 5.56 Å². The summed E-state index contributed by atoms with van der Waals surface area (Å²) in [6.45, 7) is 3.51. The minimum atomic E-state index is -4.52. The minimum absolute atomic E-state index is 0.00993. The van der Waals surface area contributed by atoms with E-state index in [1.807, 2.05) is 0 Å². The molecule has 0 aliphatic carbocycles. The van der Waals surface area contributed by atoms with Crippen molar-refractivity contribution in [2.75, 3.05) is 0 Å². The van der Waals surface area contributed by atoms with E-state index in [0.29, 0.717) is 0 Å². The number of alkyl halides is 3. The quantitative estimate of drug-likeness (QED) is 0.871. The number of nitrogens with zero attached hydrogens (tertiary/aromatic N) is 3. The molecule has 0 bridgehead atoms. The Labute approximate surface area is 126 Å². The van der Waals surface area contributed by atoms with E-state index >= 15 is 0 Å². The molecule has 0 saturated carbocycles. The Kier molecular flexibility index (Phi) is 4.33. The first-order valence-electron chi connectivity index (χ1n) is 5.78. The molecule has 0 fully saturated rings. The third-order valence-corrected chi connectivity index (χ3v) is 3.56. The van der Waals surface area contributed by atoms with Crippen molar-refractivity contribution in [3.63, 3.8) is 0 Å². The maximum atomic E-state index is 12.7. The first-order chi connectivity index (χ1) is 9.68. The van der Waals surface area contributed by atoms with Gasteiger partial charge in [-0.2, -0.15) is 13.2 Å². The second-order valence-corrected chi connectivity index (χ2v) is 5.77. The van der Waals surface area contributed by atoms with Crippen LogP contribution in [0, 0.1) is 0 Å². The van der Waals surface area contributed by atoms with Gasteiger partial charge in [0.1, 0.15) is 10.2 Å². The van der Waals surface area contributed by atoms with Crippen LogP contribution in [0.5, 0.6) is 0 Å². The topological polar surface area (TPSA) is 63.6 Å². The van der Waals surface area contributed by atoms with Crippen molar-refractivity contribution in [2.45, 2.75) is 36.2 Å². The Morgan fingerprint density at radius 3 is 2.62 bits per heavy atom. The molecular weight excluding hydrogens is 329 g/mol. The summed E-state index contributed by atoms with van der Waals surface area (Å²) in [5, 5.41) is 5.98. The fourth-order valence-corrected chi connectivity index (χ4v) is 2.86. The first-order valence-corrected chi connectivity index (χ1v) is 6.97. The number of pyridine rings is 1. The lowest BCUT2D eigenvalue weighted by Gasteiger charge is -2.10. The number of aromatic nitrogens is 4. The SMILES string of the molecule is CC(C)n1c(Sc2cc(C(F)(F)F)cc(Cl)n2)n[nH]c1=O. The van der Waals surface area contributed by atoms with Crippen molar-refractivity contribution in [3.05, 3.63) is 33.3 Å². The van der Waals surface area contributed by atoms with E-state index in [1.54, 1.807) is 13.8 Å². The largest absolute Gasteiger partial charge is 0.416 e. The van der Waals surface area contributed by atoms with Crippen molar-refractivity contribution in [1.82, 2.24) is 19.7 Å². The molecule has 2 aromatic heterocycles. The fourth-order valence-electron chi connectivity index (χ4n) is 1.60. The monoisotopic (exact) mass is 338 g/mol. The molecule has 0 aliphatic heterocycles. The molecule has 0 amide bonds. The molecule has 0 unspecified atom stereocenters. The highest BCUT2D eigenvalue weighted by atomic mass is 35.5. The van der Waals surface area contributed by atoms with Gasteiger partial charge in [-0.1, -0.05) is 11.6 Å². The zero-order chi connectivity index (χ0) is 15.8. The van der Waals surface area contributed by atoms with Crippen molar-refractivity contribution in [3.8, 4) is 0 Å². The van der Waals surface area contributed by atoms with Crippen LogP contribution in [0.3, 0.4) is 0 Å². The Morgan fingerprint density at radius 2 is 2.05 bits per heavy atom. The average molecular weight is 339 g/mol. The summed E-state index contributed by atoms with van der Waals surface area (Å²) in [6, 6.07) is 1.41. The standard InChI is InChI=1S/C11H10ClF3N4OS/c1-5(2)19-9(20)17-18-10(19)21-8-4-6(11(13,14)15)3-7(12)16-8/h3-5H,1-2H3,(H,17,20). The van der Waals surface area contributed by atoms with E-state index in [9.17, 15) is 18.0 Å². The Hall–Kier alpha value is -1.48. The molecule has 2 rings (SSSR count). The molecule has 0 atom stereocenters. The molecule has 0 radical (unpaired) electrons. The van der Waals surface area contributed by atoms with Crippen molar-refractivity contribution in [1.29, 1.82) is 0 Å². The molecule has 2 aromatic rings. The lowest BCUT2D eigenvalue weighted by molar-refractivity contribution is -0.137. The molecule has 1 N–H and O–H groups in total. The van der Waals surface area contributed by atoms with E-state index in [-0.39, 0.29) is 21.4 Å². The van der Waals surface area contributed by atoms with Gasteiger partial charge in [-0.3, -0.25) is 4.57 Å². The smallest absolute Gasteiger partial charge is 0.267 e. The maximum Gasteiger partial charge on any atom is 0.416 e. The van der Waals surface area contributed by atoms with Gasteiger partial charge in [-0.25, -0.2) is 14.9 Å². The summed E-state index contributed by atoms with van der Waals surface area (Å²) in [6.07, 6.45) is -4.52. The molecule has 10 heteroatoms. The summed E-state index contributed by atoms with van der Waals surface area (Å²) in [7, 11) is 0. The normalized spacial score (nSPS) is 12.1. The van der Waals surface area contributed by atoms with Crippen molar-refractivity contribution in [2.24, 2.45) is 0 Å². The van der Waals surface area contributed by atoms with Crippen LogP contribution >= 0.6 is 23.4 Å². The summed E-state index contributed by atoms with van der Waals surface area (Å²) < 4.78 is 39.5. The number of hydrogen-bond donors (Lipinski definition) is 1. The van der Waals surface area contributed by atoms with Crippen LogP contribution in [-0.4, -0.2) is 19.7 Å². The molecule has 0 aliphatic rings. The summed E-state index contributed by atoms with van der Waals surface area (Å²) in [5.74, 6) is 0. The van der Waals surface area contributed by atoms with Crippen LogP contribution in [-0.2, 0) is 6.18 Å². The molecule has 0 saturated heterocycles. The highest BCUT2D eigenvalue weighted by molar-refractivity contribution is 7.99. The van der Waals surface area contributed by atoms with Gasteiger partial charge >= 0.3 is 11.9 Å². The maximum absolute atomic E-state index is 12.7. The molecule has 5 nitrogen and oxygen atoms in total. The molecule has 2 heterocycles. The summed E-state index contributed by atoms with van der Waals surface area (Å²) >= 11 is 6.44. The lowest BCUT2D eigenvalue weighted by Crippen LogP contribution is -2.19. The Bertz CT molecular complexity index is 710. The van der Waals surface area contributed by atoms with Crippen LogP contribution < -0.4 is 5.69 Å². The average Bonchev–Trinajstić information content (AvgIpc) is 2.68. The molecular formula is C11H10ClF3N4OS. The lowest BCUT2D eigenvalue weighted by atomic mass is 10.3. The summed E-state index contributed by atoms with van der Waals surface area (Å²) in [5.41, 5.74) is -1.34. The number of aromatic amines is 1. The van der Waals surface area contributed by atoms with Gasteiger partial charge in [-0.15, -0.1) is 5.10 Å². The zero-order valence-corrected chi connectivity index (χ0v) is 12.5. The minimum Gasteiger partial charge on any atom is -0.267 e. The molecule has 0 spiro atoms. The van der Waals surface area contributed by atoms with Gasteiger partial charge in [0.2, 0.25) is 0 Å². The highest BCUT2D eigenvalue weighted by Gasteiger charge is 2.31. The van der Waals surface area contributed by atoms with Gasteiger partial charge in [0.15, 0.2) is 5.16 Å². The second-order valence-electron chi connectivity index (χ2n) is 4.39.